The number of halogens is 2. The van der Waals surface area contributed by atoms with Crippen LogP contribution in [0.25, 0.3) is 32.9 Å². The van der Waals surface area contributed by atoms with Crippen LogP contribution in [0.5, 0.6) is 11.8 Å². The normalized spacial score (nSPS) is 24.0. The second-order valence-electron chi connectivity index (χ2n) is 12.7. The van der Waals surface area contributed by atoms with Crippen LogP contribution in [0.1, 0.15) is 57.4 Å². The summed E-state index contributed by atoms with van der Waals surface area (Å²) in [4.78, 5) is 15.4. The molecular formula is C35H36F2N6O2. The highest BCUT2D eigenvalue weighted by Crippen LogP contribution is 2.41. The van der Waals surface area contributed by atoms with Crippen molar-refractivity contribution in [2.75, 3.05) is 31.6 Å². The number of ether oxygens (including phenoxy) is 1. The summed E-state index contributed by atoms with van der Waals surface area (Å²) in [6.07, 6.45) is 13.0. The SMILES string of the molecule is C#Cc1cccc2cc(O)cc(-c3ncc4c(N5CCC[C@@](C)(CC#N)C5)nc(OC)nc4c3F)c12.FC1CC2(CCCN2)C1. The highest BCUT2D eigenvalue weighted by atomic mass is 19.1. The number of aromatic nitrogens is 3. The summed E-state index contributed by atoms with van der Waals surface area (Å²) >= 11 is 0. The molecule has 1 atom stereocenters. The molecule has 8 nitrogen and oxygen atoms in total. The molecule has 3 aliphatic rings. The molecule has 4 aromatic rings. The van der Waals surface area contributed by atoms with E-state index in [-0.39, 0.29) is 33.9 Å². The van der Waals surface area contributed by atoms with Crippen molar-refractivity contribution in [2.24, 2.45) is 5.41 Å². The Balaban J connectivity index is 0.000000337. The van der Waals surface area contributed by atoms with E-state index in [9.17, 15) is 14.8 Å². The number of pyridine rings is 1. The molecule has 10 heteroatoms. The number of hydrogen-bond acceptors (Lipinski definition) is 8. The Bertz CT molecular complexity index is 1840. The molecule has 2 aromatic carbocycles. The molecule has 4 heterocycles. The van der Waals surface area contributed by atoms with Crippen LogP contribution in [0.15, 0.2) is 36.5 Å². The number of anilines is 1. The molecule has 1 saturated carbocycles. The van der Waals surface area contributed by atoms with E-state index in [1.165, 1.54) is 26.0 Å². The zero-order valence-electron chi connectivity index (χ0n) is 25.5. The van der Waals surface area contributed by atoms with Gasteiger partial charge in [-0.3, -0.25) is 4.98 Å². The smallest absolute Gasteiger partial charge is 0.318 e. The number of aromatic hydroxyl groups is 1. The maximum atomic E-state index is 16.2. The van der Waals surface area contributed by atoms with Crippen molar-refractivity contribution < 1.29 is 18.6 Å². The lowest BCUT2D eigenvalue weighted by Crippen LogP contribution is -2.52. The Morgan fingerprint density at radius 1 is 1.22 bits per heavy atom. The molecule has 7 rings (SSSR count). The van der Waals surface area contributed by atoms with Crippen LogP contribution in [-0.4, -0.2) is 58.5 Å². The minimum atomic E-state index is -0.662. The van der Waals surface area contributed by atoms with Gasteiger partial charge in [0.05, 0.1) is 18.6 Å². The van der Waals surface area contributed by atoms with Gasteiger partial charge in [-0.05, 0) is 74.1 Å². The lowest BCUT2D eigenvalue weighted by atomic mass is 9.74. The van der Waals surface area contributed by atoms with E-state index in [2.05, 4.69) is 39.2 Å². The van der Waals surface area contributed by atoms with Gasteiger partial charge in [-0.15, -0.1) is 6.42 Å². The van der Waals surface area contributed by atoms with Crippen LogP contribution in [0.4, 0.5) is 14.6 Å². The number of nitriles is 1. The topological polar surface area (TPSA) is 107 Å². The van der Waals surface area contributed by atoms with Gasteiger partial charge in [0, 0.05) is 47.8 Å². The van der Waals surface area contributed by atoms with E-state index in [1.807, 2.05) is 4.90 Å². The van der Waals surface area contributed by atoms with Crippen LogP contribution in [-0.2, 0) is 0 Å². The molecule has 3 fully saturated rings. The fourth-order valence-corrected chi connectivity index (χ4v) is 7.10. The zero-order chi connectivity index (χ0) is 31.8. The van der Waals surface area contributed by atoms with Crippen LogP contribution < -0.4 is 15.0 Å². The molecule has 2 N–H and O–H groups in total. The molecule has 0 unspecified atom stereocenters. The summed E-state index contributed by atoms with van der Waals surface area (Å²) in [5, 5.41) is 24.7. The van der Waals surface area contributed by atoms with Crippen molar-refractivity contribution in [1.82, 2.24) is 20.3 Å². The van der Waals surface area contributed by atoms with Gasteiger partial charge in [0.15, 0.2) is 5.82 Å². The highest BCUT2D eigenvalue weighted by molar-refractivity contribution is 6.02. The summed E-state index contributed by atoms with van der Waals surface area (Å²) in [5.41, 5.74) is 1.08. The average Bonchev–Trinajstić information content (AvgIpc) is 3.50. The third-order valence-electron chi connectivity index (χ3n) is 9.34. The Kier molecular flexibility index (Phi) is 8.20. The Morgan fingerprint density at radius 3 is 2.73 bits per heavy atom. The number of alkyl halides is 1. The number of benzene rings is 2. The first kappa shape index (κ1) is 30.5. The first-order chi connectivity index (χ1) is 21.7. The van der Waals surface area contributed by atoms with Gasteiger partial charge in [-0.1, -0.05) is 25.0 Å². The number of nitrogens with one attached hydrogen (secondary N) is 1. The maximum absolute atomic E-state index is 16.2. The number of phenolic OH excluding ortho intramolecular Hbond substituents is 1. The number of hydrogen-bond donors (Lipinski definition) is 2. The number of rotatable bonds is 4. The third-order valence-corrected chi connectivity index (χ3v) is 9.34. The molecule has 2 aromatic heterocycles. The van der Waals surface area contributed by atoms with Crippen molar-refractivity contribution in [3.8, 4) is 41.4 Å². The van der Waals surface area contributed by atoms with E-state index in [0.29, 0.717) is 52.6 Å². The summed E-state index contributed by atoms with van der Waals surface area (Å²) in [7, 11) is 1.43. The van der Waals surface area contributed by atoms with Gasteiger partial charge in [-0.25, -0.2) is 8.78 Å². The number of piperidine rings is 1. The maximum Gasteiger partial charge on any atom is 0.318 e. The van der Waals surface area contributed by atoms with Gasteiger partial charge < -0.3 is 20.1 Å². The Hall–Kier alpha value is -4.54. The summed E-state index contributed by atoms with van der Waals surface area (Å²) < 4.78 is 33.9. The second-order valence-corrected chi connectivity index (χ2v) is 12.7. The second kappa shape index (κ2) is 12.1. The predicted molar refractivity (Wildman–Crippen MR) is 170 cm³/mol. The molecule has 232 valence electrons. The first-order valence-corrected chi connectivity index (χ1v) is 15.3. The van der Waals surface area contributed by atoms with Crippen molar-refractivity contribution in [3.05, 3.63) is 47.9 Å². The molecule has 0 bridgehead atoms. The monoisotopic (exact) mass is 610 g/mol. The van der Waals surface area contributed by atoms with Crippen LogP contribution in [0, 0.1) is 34.9 Å². The number of phenols is 1. The van der Waals surface area contributed by atoms with E-state index >= 15 is 4.39 Å². The van der Waals surface area contributed by atoms with Crippen LogP contribution in [0.3, 0.4) is 0 Å². The molecule has 45 heavy (non-hydrogen) atoms. The molecule has 0 amide bonds. The van der Waals surface area contributed by atoms with E-state index in [1.54, 1.807) is 30.5 Å². The largest absolute Gasteiger partial charge is 0.508 e. The molecule has 1 spiro atoms. The minimum absolute atomic E-state index is 0.0192. The predicted octanol–water partition coefficient (Wildman–Crippen LogP) is 6.44. The first-order valence-electron chi connectivity index (χ1n) is 15.3. The highest BCUT2D eigenvalue weighted by Gasteiger charge is 2.45. The standard InChI is InChI=1S/C28H24FN5O2.C7H12FN/c1-4-17-7-5-8-18-13-19(35)14-20(22(17)18)24-23(29)25-21(15-31-24)26(33-27(32-25)36-3)34-12-6-9-28(2,16-34)10-11-30;8-6-4-7(5-6)2-1-3-9-7/h1,5,7-8,13-15,35H,6,9-10,12,16H2,2-3H3;6,9H,1-5H2/t28-;/m0./s1. The van der Waals surface area contributed by atoms with Gasteiger partial charge in [-0.2, -0.15) is 15.2 Å². The Labute approximate surface area is 261 Å². The van der Waals surface area contributed by atoms with Gasteiger partial charge in [0.2, 0.25) is 0 Å². The number of methoxy groups -OCH3 is 1. The van der Waals surface area contributed by atoms with Crippen LogP contribution >= 0.6 is 0 Å². The van der Waals surface area contributed by atoms with E-state index in [0.717, 1.165) is 32.2 Å². The molecule has 2 saturated heterocycles. The van der Waals surface area contributed by atoms with Gasteiger partial charge in [0.1, 0.15) is 28.9 Å². The molecular weight excluding hydrogens is 574 g/mol. The van der Waals surface area contributed by atoms with Crippen molar-refractivity contribution in [2.45, 2.75) is 63.6 Å². The summed E-state index contributed by atoms with van der Waals surface area (Å²) in [6.45, 7) is 4.49. The fraction of sp³-hybridized carbons (Fsp3) is 0.429. The van der Waals surface area contributed by atoms with Crippen LogP contribution in [0.2, 0.25) is 0 Å². The number of nitrogens with zero attached hydrogens (tertiary/aromatic N) is 5. The lowest BCUT2D eigenvalue weighted by molar-refractivity contribution is 0.0832. The summed E-state index contributed by atoms with van der Waals surface area (Å²) in [5.74, 6) is 2.46. The number of fused-ring (bicyclic) bond motifs is 2. The van der Waals surface area contributed by atoms with E-state index in [4.69, 9.17) is 11.2 Å². The number of terminal acetylenes is 1. The Morgan fingerprint density at radius 2 is 2.04 bits per heavy atom. The molecule has 2 aliphatic heterocycles. The third kappa shape index (κ3) is 5.83. The van der Waals surface area contributed by atoms with E-state index < -0.39 is 12.0 Å². The fourth-order valence-electron chi connectivity index (χ4n) is 7.10. The van der Waals surface area contributed by atoms with Crippen molar-refractivity contribution >= 4 is 27.5 Å². The summed E-state index contributed by atoms with van der Waals surface area (Å²) in [6, 6.07) is 10.7. The van der Waals surface area contributed by atoms with Crippen molar-refractivity contribution in [3.63, 3.8) is 0 Å². The van der Waals surface area contributed by atoms with Gasteiger partial charge >= 0.3 is 6.01 Å². The average molecular weight is 611 g/mol. The molecule has 0 radical (unpaired) electrons. The lowest BCUT2D eigenvalue weighted by Gasteiger charge is -2.41. The zero-order valence-corrected chi connectivity index (χ0v) is 25.5. The van der Waals surface area contributed by atoms with Gasteiger partial charge in [0.25, 0.3) is 0 Å². The minimum Gasteiger partial charge on any atom is -0.508 e. The quantitative estimate of drug-likeness (QED) is 0.254. The molecule has 1 aliphatic carbocycles. The van der Waals surface area contributed by atoms with Crippen molar-refractivity contribution in [1.29, 1.82) is 5.26 Å².